The number of benzene rings is 3. The number of fused-ring (bicyclic) bond motifs is 1. The van der Waals surface area contributed by atoms with Crippen molar-refractivity contribution in [3.63, 3.8) is 0 Å². The first-order valence-corrected chi connectivity index (χ1v) is 8.60. The van der Waals surface area contributed by atoms with Crippen molar-refractivity contribution in [1.82, 2.24) is 4.98 Å². The molecule has 0 unspecified atom stereocenters. The minimum absolute atomic E-state index is 0.0323. The molecular weight excluding hydrogens is 314 g/mol. The van der Waals surface area contributed by atoms with E-state index in [0.29, 0.717) is 11.1 Å². The van der Waals surface area contributed by atoms with Gasteiger partial charge in [-0.1, -0.05) is 60.2 Å². The molecule has 0 fully saturated rings. The van der Waals surface area contributed by atoms with Gasteiger partial charge in [0.05, 0.1) is 10.2 Å². The van der Waals surface area contributed by atoms with Crippen molar-refractivity contribution in [1.29, 1.82) is 0 Å². The van der Waals surface area contributed by atoms with Crippen LogP contribution in [0.3, 0.4) is 0 Å². The van der Waals surface area contributed by atoms with E-state index in [-0.39, 0.29) is 5.78 Å². The Kier molecular flexibility index (Phi) is 3.71. The molecule has 3 heteroatoms. The van der Waals surface area contributed by atoms with Crippen LogP contribution in [0.4, 0.5) is 0 Å². The zero-order valence-electron chi connectivity index (χ0n) is 13.2. The van der Waals surface area contributed by atoms with Crippen molar-refractivity contribution in [2.45, 2.75) is 6.92 Å². The van der Waals surface area contributed by atoms with E-state index in [1.54, 1.807) is 11.3 Å². The fraction of sp³-hybridized carbons (Fsp3) is 0.0476. The second-order valence-electron chi connectivity index (χ2n) is 5.73. The van der Waals surface area contributed by atoms with Gasteiger partial charge in [-0.2, -0.15) is 0 Å². The number of aryl methyl sites for hydroxylation is 1. The molecule has 0 radical (unpaired) electrons. The number of rotatable bonds is 3. The molecule has 0 bridgehead atoms. The van der Waals surface area contributed by atoms with Gasteiger partial charge in [0.15, 0.2) is 5.78 Å². The molecule has 4 aromatic rings. The van der Waals surface area contributed by atoms with Gasteiger partial charge in [-0.05, 0) is 25.1 Å². The zero-order chi connectivity index (χ0) is 16.5. The molecule has 3 aromatic carbocycles. The Balaban J connectivity index is 1.89. The Labute approximate surface area is 144 Å². The highest BCUT2D eigenvalue weighted by atomic mass is 32.1. The molecule has 2 nitrogen and oxygen atoms in total. The molecule has 0 aliphatic heterocycles. The Morgan fingerprint density at radius 1 is 0.917 bits per heavy atom. The normalized spacial score (nSPS) is 10.9. The van der Waals surface area contributed by atoms with Gasteiger partial charge in [0, 0.05) is 16.7 Å². The monoisotopic (exact) mass is 329 g/mol. The van der Waals surface area contributed by atoms with E-state index in [9.17, 15) is 4.79 Å². The summed E-state index contributed by atoms with van der Waals surface area (Å²) in [6.07, 6.45) is 0. The van der Waals surface area contributed by atoms with E-state index in [1.807, 2.05) is 73.7 Å². The van der Waals surface area contributed by atoms with Gasteiger partial charge in [0.2, 0.25) is 0 Å². The number of hydrogen-bond donors (Lipinski definition) is 0. The van der Waals surface area contributed by atoms with E-state index >= 15 is 0 Å². The smallest absolute Gasteiger partial charge is 0.193 e. The first-order valence-electron chi connectivity index (χ1n) is 7.79. The second-order valence-corrected chi connectivity index (χ2v) is 6.76. The highest BCUT2D eigenvalue weighted by Gasteiger charge is 2.17. The van der Waals surface area contributed by atoms with Crippen LogP contribution in [-0.2, 0) is 0 Å². The average molecular weight is 329 g/mol. The predicted octanol–water partition coefficient (Wildman–Crippen LogP) is 5.50. The fourth-order valence-corrected chi connectivity index (χ4v) is 3.76. The molecule has 0 aliphatic carbocycles. The van der Waals surface area contributed by atoms with Crippen LogP contribution in [0.2, 0.25) is 0 Å². The van der Waals surface area contributed by atoms with Crippen LogP contribution < -0.4 is 0 Å². The van der Waals surface area contributed by atoms with E-state index in [0.717, 1.165) is 26.4 Å². The van der Waals surface area contributed by atoms with Crippen LogP contribution in [-0.4, -0.2) is 10.8 Å². The fourth-order valence-electron chi connectivity index (χ4n) is 2.77. The maximum absolute atomic E-state index is 12.9. The summed E-state index contributed by atoms with van der Waals surface area (Å²) < 4.78 is 1.13. The zero-order valence-corrected chi connectivity index (χ0v) is 14.0. The number of carbonyl (C=O) groups excluding carboxylic acids is 1. The molecule has 1 heterocycles. The lowest BCUT2D eigenvalue weighted by atomic mass is 9.97. The molecule has 0 amide bonds. The van der Waals surface area contributed by atoms with Gasteiger partial charge in [-0.25, -0.2) is 4.98 Å². The molecule has 0 aliphatic rings. The number of ketones is 1. The lowest BCUT2D eigenvalue weighted by molar-refractivity contribution is 0.103. The van der Waals surface area contributed by atoms with Crippen molar-refractivity contribution in [3.8, 4) is 10.6 Å². The van der Waals surface area contributed by atoms with Gasteiger partial charge in [-0.15, -0.1) is 11.3 Å². The largest absolute Gasteiger partial charge is 0.289 e. The van der Waals surface area contributed by atoms with Crippen LogP contribution in [0.5, 0.6) is 0 Å². The third-order valence-corrected chi connectivity index (χ3v) is 5.05. The van der Waals surface area contributed by atoms with Crippen molar-refractivity contribution in [2.24, 2.45) is 0 Å². The third kappa shape index (κ3) is 2.63. The molecule has 0 saturated carbocycles. The molecule has 0 atom stereocenters. The first kappa shape index (κ1) is 14.8. The first-order chi connectivity index (χ1) is 11.7. The Bertz CT molecular complexity index is 1000. The molecule has 0 saturated heterocycles. The standard InChI is InChI=1S/C21H15NOS/c1-14-11-12-16(20(23)15-7-3-2-4-8-15)17(13-14)21-22-18-9-5-6-10-19(18)24-21/h2-13H,1H3. The highest BCUT2D eigenvalue weighted by Crippen LogP contribution is 2.33. The molecule has 116 valence electrons. The summed E-state index contributed by atoms with van der Waals surface area (Å²) in [5, 5.41) is 0.888. The molecule has 1 aromatic heterocycles. The summed E-state index contributed by atoms with van der Waals surface area (Å²) in [4.78, 5) is 17.7. The number of carbonyl (C=O) groups is 1. The van der Waals surface area contributed by atoms with Crippen LogP contribution in [0, 0.1) is 6.92 Å². The van der Waals surface area contributed by atoms with Crippen LogP contribution in [0.1, 0.15) is 21.5 Å². The number of aromatic nitrogens is 1. The SMILES string of the molecule is Cc1ccc(C(=O)c2ccccc2)c(-c2nc3ccccc3s2)c1. The number of hydrogen-bond acceptors (Lipinski definition) is 3. The van der Waals surface area contributed by atoms with E-state index in [4.69, 9.17) is 4.98 Å². The summed E-state index contributed by atoms with van der Waals surface area (Å²) in [6, 6.07) is 23.4. The third-order valence-electron chi connectivity index (χ3n) is 3.98. The van der Waals surface area contributed by atoms with Crippen LogP contribution in [0.15, 0.2) is 72.8 Å². The van der Waals surface area contributed by atoms with Gasteiger partial charge < -0.3 is 0 Å². The molecule has 24 heavy (non-hydrogen) atoms. The summed E-state index contributed by atoms with van der Waals surface area (Å²) in [5.74, 6) is 0.0323. The lowest BCUT2D eigenvalue weighted by Crippen LogP contribution is -2.03. The maximum atomic E-state index is 12.9. The summed E-state index contributed by atoms with van der Waals surface area (Å²) in [5.41, 5.74) is 4.39. The van der Waals surface area contributed by atoms with Gasteiger partial charge in [-0.3, -0.25) is 4.79 Å². The van der Waals surface area contributed by atoms with Crippen molar-refractivity contribution in [2.75, 3.05) is 0 Å². The maximum Gasteiger partial charge on any atom is 0.193 e. The second kappa shape index (κ2) is 6.02. The quantitative estimate of drug-likeness (QED) is 0.464. The number of nitrogens with zero attached hydrogens (tertiary/aromatic N) is 1. The Morgan fingerprint density at radius 3 is 2.46 bits per heavy atom. The Morgan fingerprint density at radius 2 is 1.67 bits per heavy atom. The molecule has 4 rings (SSSR count). The summed E-state index contributed by atoms with van der Waals surface area (Å²) in [6.45, 7) is 2.04. The topological polar surface area (TPSA) is 30.0 Å². The lowest BCUT2D eigenvalue weighted by Gasteiger charge is -2.08. The molecule has 0 spiro atoms. The summed E-state index contributed by atoms with van der Waals surface area (Å²) >= 11 is 1.62. The Hall–Kier alpha value is -2.78. The van der Waals surface area contributed by atoms with E-state index in [2.05, 4.69) is 6.07 Å². The average Bonchev–Trinajstić information content (AvgIpc) is 3.06. The van der Waals surface area contributed by atoms with Gasteiger partial charge in [0.1, 0.15) is 5.01 Å². The van der Waals surface area contributed by atoms with Crippen molar-refractivity contribution in [3.05, 3.63) is 89.5 Å². The van der Waals surface area contributed by atoms with Crippen molar-refractivity contribution < 1.29 is 4.79 Å². The van der Waals surface area contributed by atoms with Gasteiger partial charge >= 0.3 is 0 Å². The molecule has 0 N–H and O–H groups in total. The predicted molar refractivity (Wildman–Crippen MR) is 99.7 cm³/mol. The van der Waals surface area contributed by atoms with Crippen molar-refractivity contribution >= 4 is 27.3 Å². The van der Waals surface area contributed by atoms with Gasteiger partial charge in [0.25, 0.3) is 0 Å². The number of thiazole rings is 1. The van der Waals surface area contributed by atoms with E-state index in [1.165, 1.54) is 0 Å². The molecular formula is C21H15NOS. The minimum atomic E-state index is 0.0323. The minimum Gasteiger partial charge on any atom is -0.289 e. The summed E-state index contributed by atoms with van der Waals surface area (Å²) in [7, 11) is 0. The van der Waals surface area contributed by atoms with E-state index < -0.39 is 0 Å². The number of para-hydroxylation sites is 1. The van der Waals surface area contributed by atoms with Crippen LogP contribution >= 0.6 is 11.3 Å². The van der Waals surface area contributed by atoms with Crippen LogP contribution in [0.25, 0.3) is 20.8 Å². The highest BCUT2D eigenvalue weighted by molar-refractivity contribution is 7.21.